The van der Waals surface area contributed by atoms with Crippen LogP contribution in [0, 0.1) is 0 Å². The van der Waals surface area contributed by atoms with Crippen molar-refractivity contribution < 1.29 is 19.4 Å². The third-order valence-corrected chi connectivity index (χ3v) is 0.560. The predicted octanol–water partition coefficient (Wildman–Crippen LogP) is 1.11. The molecule has 0 saturated heterocycles. The van der Waals surface area contributed by atoms with E-state index in [4.69, 9.17) is 10.2 Å². The molecule has 1 unspecified atom stereocenters. The molecular weight excluding hydrogens is 151 g/mol. The Morgan fingerprint density at radius 3 is 1.91 bits per heavy atom. The summed E-state index contributed by atoms with van der Waals surface area (Å²) in [6.45, 7) is 7.54. The lowest BCUT2D eigenvalue weighted by molar-refractivity contribution is -0.132. The van der Waals surface area contributed by atoms with Crippen molar-refractivity contribution in [3.63, 3.8) is 0 Å². The molecule has 0 aliphatic carbocycles. The summed E-state index contributed by atoms with van der Waals surface area (Å²) in [6, 6.07) is 0. The molecule has 0 aromatic heterocycles. The van der Waals surface area contributed by atoms with E-state index in [1.54, 1.807) is 0 Å². The van der Waals surface area contributed by atoms with Crippen LogP contribution in [0.2, 0.25) is 0 Å². The van der Waals surface area contributed by atoms with Crippen LogP contribution in [0.25, 0.3) is 0 Å². The largest absolute Gasteiger partial charge is 0.478 e. The quantitative estimate of drug-likeness (QED) is 0.472. The SMILES string of the molecule is C=C(C)C(=O)O.C=CC(O)F. The first kappa shape index (κ1) is 12.5. The molecule has 0 aliphatic heterocycles. The molecule has 4 heteroatoms. The van der Waals surface area contributed by atoms with Crippen molar-refractivity contribution in [1.82, 2.24) is 0 Å². The van der Waals surface area contributed by atoms with Crippen LogP contribution in [0.15, 0.2) is 24.8 Å². The molecule has 0 heterocycles. The Bertz CT molecular complexity index is 140. The van der Waals surface area contributed by atoms with Gasteiger partial charge in [-0.3, -0.25) is 0 Å². The Kier molecular flexibility index (Phi) is 7.91. The molecule has 3 nitrogen and oxygen atoms in total. The van der Waals surface area contributed by atoms with Gasteiger partial charge in [0.2, 0.25) is 6.36 Å². The minimum atomic E-state index is -1.85. The average Bonchev–Trinajstić information content (AvgIpc) is 1.89. The number of aliphatic hydroxyl groups is 1. The molecule has 0 aromatic carbocycles. The number of carbonyl (C=O) groups is 1. The Labute approximate surface area is 64.5 Å². The van der Waals surface area contributed by atoms with Gasteiger partial charge in [-0.25, -0.2) is 9.18 Å². The van der Waals surface area contributed by atoms with Crippen molar-refractivity contribution in [2.75, 3.05) is 0 Å². The van der Waals surface area contributed by atoms with Crippen LogP contribution in [-0.4, -0.2) is 22.5 Å². The lowest BCUT2D eigenvalue weighted by Crippen LogP contribution is -1.92. The molecule has 0 saturated carbocycles. The summed E-state index contributed by atoms with van der Waals surface area (Å²) in [5.74, 6) is -0.935. The maximum Gasteiger partial charge on any atom is 0.330 e. The fraction of sp³-hybridized carbons (Fsp3) is 0.286. The van der Waals surface area contributed by atoms with Gasteiger partial charge in [-0.2, -0.15) is 0 Å². The van der Waals surface area contributed by atoms with Crippen molar-refractivity contribution in [2.24, 2.45) is 0 Å². The number of aliphatic carboxylic acids is 1. The smallest absolute Gasteiger partial charge is 0.330 e. The third kappa shape index (κ3) is 17.7. The van der Waals surface area contributed by atoms with E-state index in [0.29, 0.717) is 0 Å². The molecule has 0 spiro atoms. The van der Waals surface area contributed by atoms with Crippen LogP contribution in [0.3, 0.4) is 0 Å². The monoisotopic (exact) mass is 162 g/mol. The van der Waals surface area contributed by atoms with E-state index in [2.05, 4.69) is 13.2 Å². The number of alkyl halides is 1. The number of hydrogen-bond donors (Lipinski definition) is 2. The summed E-state index contributed by atoms with van der Waals surface area (Å²) in [6.07, 6.45) is -1.05. The van der Waals surface area contributed by atoms with Gasteiger partial charge in [0, 0.05) is 5.57 Å². The maximum absolute atomic E-state index is 10.9. The number of rotatable bonds is 2. The van der Waals surface area contributed by atoms with E-state index < -0.39 is 12.3 Å². The van der Waals surface area contributed by atoms with E-state index in [-0.39, 0.29) is 5.57 Å². The zero-order valence-corrected chi connectivity index (χ0v) is 6.25. The number of hydrogen-bond acceptors (Lipinski definition) is 2. The number of carboxylic acids is 1. The van der Waals surface area contributed by atoms with Crippen molar-refractivity contribution in [2.45, 2.75) is 13.3 Å². The Morgan fingerprint density at radius 1 is 1.73 bits per heavy atom. The molecule has 0 amide bonds. The van der Waals surface area contributed by atoms with Gasteiger partial charge >= 0.3 is 5.97 Å². The molecule has 11 heavy (non-hydrogen) atoms. The zero-order valence-electron chi connectivity index (χ0n) is 6.25. The van der Waals surface area contributed by atoms with E-state index in [9.17, 15) is 9.18 Å². The summed E-state index contributed by atoms with van der Waals surface area (Å²) in [4.78, 5) is 9.60. The highest BCUT2D eigenvalue weighted by atomic mass is 19.1. The molecule has 0 radical (unpaired) electrons. The van der Waals surface area contributed by atoms with Crippen LogP contribution < -0.4 is 0 Å². The molecule has 1 atom stereocenters. The second-order valence-electron chi connectivity index (χ2n) is 1.69. The molecule has 0 aliphatic rings. The second-order valence-corrected chi connectivity index (χ2v) is 1.69. The Morgan fingerprint density at radius 2 is 1.91 bits per heavy atom. The normalized spacial score (nSPS) is 10.5. The zero-order chi connectivity index (χ0) is 9.44. The van der Waals surface area contributed by atoms with Gasteiger partial charge < -0.3 is 10.2 Å². The number of carboxylic acid groups (broad SMARTS) is 1. The second kappa shape index (κ2) is 6.95. The molecule has 0 aromatic rings. The topological polar surface area (TPSA) is 57.5 Å². The number of halogens is 1. The Hall–Kier alpha value is -1.16. The van der Waals surface area contributed by atoms with E-state index >= 15 is 0 Å². The van der Waals surface area contributed by atoms with Gasteiger partial charge in [0.05, 0.1) is 0 Å². The summed E-state index contributed by atoms with van der Waals surface area (Å²) >= 11 is 0. The van der Waals surface area contributed by atoms with Crippen molar-refractivity contribution in [3.8, 4) is 0 Å². The number of aliphatic hydroxyl groups excluding tert-OH is 1. The standard InChI is InChI=1S/C4H6O2.C3H5FO/c1-3(2)4(5)6;1-2-3(4)5/h1H2,2H3,(H,5,6);2-3,5H,1H2. The summed E-state index contributed by atoms with van der Waals surface area (Å²) in [7, 11) is 0. The van der Waals surface area contributed by atoms with Crippen LogP contribution in [-0.2, 0) is 4.79 Å². The minimum absolute atomic E-state index is 0.176. The van der Waals surface area contributed by atoms with E-state index in [1.165, 1.54) is 6.92 Å². The van der Waals surface area contributed by atoms with Gasteiger partial charge in [0.1, 0.15) is 0 Å². The lowest BCUT2D eigenvalue weighted by Gasteiger charge is -1.79. The highest BCUT2D eigenvalue weighted by molar-refractivity contribution is 5.84. The van der Waals surface area contributed by atoms with Crippen molar-refractivity contribution in [3.05, 3.63) is 24.8 Å². The highest BCUT2D eigenvalue weighted by Crippen LogP contribution is 1.81. The molecule has 2 N–H and O–H groups in total. The third-order valence-electron chi connectivity index (χ3n) is 0.560. The molecule has 64 valence electrons. The summed E-state index contributed by atoms with van der Waals surface area (Å²) in [5, 5.41) is 15.5. The molecule has 0 bridgehead atoms. The highest BCUT2D eigenvalue weighted by Gasteiger charge is 1.90. The van der Waals surface area contributed by atoms with Crippen LogP contribution in [0.1, 0.15) is 6.92 Å². The van der Waals surface area contributed by atoms with Crippen molar-refractivity contribution in [1.29, 1.82) is 0 Å². The predicted molar refractivity (Wildman–Crippen MR) is 39.8 cm³/mol. The van der Waals surface area contributed by atoms with Crippen LogP contribution >= 0.6 is 0 Å². The maximum atomic E-state index is 10.9. The van der Waals surface area contributed by atoms with Crippen molar-refractivity contribution >= 4 is 5.97 Å². The molecular formula is C7H11FO3. The summed E-state index contributed by atoms with van der Waals surface area (Å²) in [5.41, 5.74) is 0.176. The molecule has 0 rings (SSSR count). The first-order chi connectivity index (χ1) is 4.91. The van der Waals surface area contributed by atoms with Gasteiger partial charge in [-0.15, -0.1) is 0 Å². The average molecular weight is 162 g/mol. The first-order valence-corrected chi connectivity index (χ1v) is 2.75. The first-order valence-electron chi connectivity index (χ1n) is 2.75. The van der Waals surface area contributed by atoms with E-state index in [1.807, 2.05) is 0 Å². The fourth-order valence-corrected chi connectivity index (χ4v) is 0. The van der Waals surface area contributed by atoms with Gasteiger partial charge in [-0.05, 0) is 13.0 Å². The fourth-order valence-electron chi connectivity index (χ4n) is 0. The minimum Gasteiger partial charge on any atom is -0.478 e. The molecule has 0 fully saturated rings. The Balaban J connectivity index is 0. The van der Waals surface area contributed by atoms with Gasteiger partial charge in [-0.1, -0.05) is 13.2 Å². The van der Waals surface area contributed by atoms with E-state index in [0.717, 1.165) is 6.08 Å². The summed E-state index contributed by atoms with van der Waals surface area (Å²) < 4.78 is 10.9. The van der Waals surface area contributed by atoms with Crippen LogP contribution in [0.5, 0.6) is 0 Å². The van der Waals surface area contributed by atoms with Crippen LogP contribution in [0.4, 0.5) is 4.39 Å². The van der Waals surface area contributed by atoms with Gasteiger partial charge in [0.25, 0.3) is 0 Å². The van der Waals surface area contributed by atoms with Gasteiger partial charge in [0.15, 0.2) is 0 Å². The lowest BCUT2D eigenvalue weighted by atomic mass is 10.4.